The second kappa shape index (κ2) is 8.99. The lowest BCUT2D eigenvalue weighted by molar-refractivity contribution is -0.147. The zero-order chi connectivity index (χ0) is 12.7. The van der Waals surface area contributed by atoms with E-state index in [0.717, 1.165) is 38.8 Å². The first kappa shape index (κ1) is 18.0. The van der Waals surface area contributed by atoms with Crippen LogP contribution in [0.4, 0.5) is 13.2 Å². The molecule has 0 radical (unpaired) electrons. The maximum absolute atomic E-state index is 12.4. The zero-order valence-corrected chi connectivity index (χ0v) is 11.7. The zero-order valence-electron chi connectivity index (χ0n) is 10.9. The van der Waals surface area contributed by atoms with Crippen molar-refractivity contribution in [1.82, 2.24) is 10.2 Å². The molecule has 6 heteroatoms. The highest BCUT2D eigenvalue weighted by Gasteiger charge is 2.31. The summed E-state index contributed by atoms with van der Waals surface area (Å²) in [5.41, 5.74) is 0. The SMILES string of the molecule is CCCCN(CC1CCNCC1)CC(F)(F)F.Cl. The summed E-state index contributed by atoms with van der Waals surface area (Å²) < 4.78 is 37.3. The Kier molecular flexibility index (Phi) is 8.99. The van der Waals surface area contributed by atoms with Gasteiger partial charge in [0.1, 0.15) is 0 Å². The fourth-order valence-electron chi connectivity index (χ4n) is 2.30. The molecule has 1 N–H and O–H groups in total. The van der Waals surface area contributed by atoms with Crippen molar-refractivity contribution in [3.05, 3.63) is 0 Å². The molecule has 0 atom stereocenters. The second-order valence-corrected chi connectivity index (χ2v) is 4.90. The molecular formula is C12H24ClF3N2. The standard InChI is InChI=1S/C12H23F3N2.ClH/c1-2-3-8-17(10-12(13,14)15)9-11-4-6-16-7-5-11;/h11,16H,2-10H2,1H3;1H. The number of unbranched alkanes of at least 4 members (excludes halogenated alkanes) is 1. The topological polar surface area (TPSA) is 15.3 Å². The molecule has 0 aromatic heterocycles. The summed E-state index contributed by atoms with van der Waals surface area (Å²) in [5.74, 6) is 0.426. The quantitative estimate of drug-likeness (QED) is 0.808. The molecule has 110 valence electrons. The van der Waals surface area contributed by atoms with Crippen LogP contribution >= 0.6 is 12.4 Å². The number of nitrogens with zero attached hydrogens (tertiary/aromatic N) is 1. The normalized spacial score (nSPS) is 17.8. The molecule has 0 spiro atoms. The molecule has 1 saturated heterocycles. The molecule has 0 aliphatic carbocycles. The smallest absolute Gasteiger partial charge is 0.317 e. The molecule has 0 amide bonds. The monoisotopic (exact) mass is 288 g/mol. The van der Waals surface area contributed by atoms with Gasteiger partial charge in [0, 0.05) is 6.54 Å². The Morgan fingerprint density at radius 3 is 2.33 bits per heavy atom. The van der Waals surface area contributed by atoms with E-state index in [4.69, 9.17) is 0 Å². The minimum Gasteiger partial charge on any atom is -0.317 e. The van der Waals surface area contributed by atoms with Gasteiger partial charge >= 0.3 is 6.18 Å². The molecule has 1 heterocycles. The predicted molar refractivity (Wildman–Crippen MR) is 70.2 cm³/mol. The van der Waals surface area contributed by atoms with Crippen LogP contribution in [0.2, 0.25) is 0 Å². The Balaban J connectivity index is 0.00000289. The van der Waals surface area contributed by atoms with Crippen molar-refractivity contribution in [3.63, 3.8) is 0 Å². The van der Waals surface area contributed by atoms with E-state index in [-0.39, 0.29) is 12.4 Å². The number of halogens is 4. The maximum atomic E-state index is 12.4. The lowest BCUT2D eigenvalue weighted by atomic mass is 9.97. The van der Waals surface area contributed by atoms with E-state index in [1.807, 2.05) is 6.92 Å². The molecule has 1 aliphatic rings. The third-order valence-corrected chi connectivity index (χ3v) is 3.21. The highest BCUT2D eigenvalue weighted by Crippen LogP contribution is 2.20. The first-order chi connectivity index (χ1) is 8.01. The van der Waals surface area contributed by atoms with E-state index in [1.165, 1.54) is 0 Å². The number of alkyl halides is 3. The van der Waals surface area contributed by atoms with Gasteiger partial charge in [-0.05, 0) is 44.8 Å². The van der Waals surface area contributed by atoms with Crippen LogP contribution in [-0.2, 0) is 0 Å². The fourth-order valence-corrected chi connectivity index (χ4v) is 2.30. The molecule has 1 rings (SSSR count). The molecule has 0 bridgehead atoms. The molecule has 2 nitrogen and oxygen atoms in total. The van der Waals surface area contributed by atoms with Gasteiger partial charge in [0.05, 0.1) is 6.54 Å². The Bertz CT molecular complexity index is 206. The molecular weight excluding hydrogens is 265 g/mol. The average Bonchev–Trinajstić information content (AvgIpc) is 2.25. The number of rotatable bonds is 6. The van der Waals surface area contributed by atoms with Crippen LogP contribution in [0.15, 0.2) is 0 Å². The van der Waals surface area contributed by atoms with Gasteiger partial charge < -0.3 is 5.32 Å². The molecule has 1 aliphatic heterocycles. The van der Waals surface area contributed by atoms with Crippen LogP contribution in [0.1, 0.15) is 32.6 Å². The van der Waals surface area contributed by atoms with Gasteiger partial charge in [-0.25, -0.2) is 0 Å². The highest BCUT2D eigenvalue weighted by atomic mass is 35.5. The maximum Gasteiger partial charge on any atom is 0.401 e. The van der Waals surface area contributed by atoms with Gasteiger partial charge in [0.15, 0.2) is 0 Å². The molecule has 0 aromatic rings. The summed E-state index contributed by atoms with van der Waals surface area (Å²) in [5, 5.41) is 3.24. The van der Waals surface area contributed by atoms with Crippen molar-refractivity contribution >= 4 is 12.4 Å². The predicted octanol–water partition coefficient (Wildman–Crippen LogP) is 3.07. The van der Waals surface area contributed by atoms with Gasteiger partial charge in [-0.2, -0.15) is 13.2 Å². The lowest BCUT2D eigenvalue weighted by Crippen LogP contribution is -2.41. The summed E-state index contributed by atoms with van der Waals surface area (Å²) in [7, 11) is 0. The van der Waals surface area contributed by atoms with E-state index >= 15 is 0 Å². The van der Waals surface area contributed by atoms with E-state index < -0.39 is 12.7 Å². The average molecular weight is 289 g/mol. The van der Waals surface area contributed by atoms with Crippen LogP contribution in [0.3, 0.4) is 0 Å². The Morgan fingerprint density at radius 2 is 1.83 bits per heavy atom. The summed E-state index contributed by atoms with van der Waals surface area (Å²) in [6, 6.07) is 0. The van der Waals surface area contributed by atoms with Crippen molar-refractivity contribution in [2.45, 2.75) is 38.8 Å². The first-order valence-electron chi connectivity index (χ1n) is 6.51. The largest absolute Gasteiger partial charge is 0.401 e. The van der Waals surface area contributed by atoms with Crippen molar-refractivity contribution in [2.24, 2.45) is 5.92 Å². The van der Waals surface area contributed by atoms with E-state index in [2.05, 4.69) is 5.32 Å². The van der Waals surface area contributed by atoms with E-state index in [0.29, 0.717) is 19.0 Å². The number of hydrogen-bond acceptors (Lipinski definition) is 2. The van der Waals surface area contributed by atoms with Crippen LogP contribution in [-0.4, -0.2) is 43.8 Å². The van der Waals surface area contributed by atoms with Crippen molar-refractivity contribution in [1.29, 1.82) is 0 Å². The second-order valence-electron chi connectivity index (χ2n) is 4.90. The molecule has 1 fully saturated rings. The van der Waals surface area contributed by atoms with E-state index in [9.17, 15) is 13.2 Å². The summed E-state index contributed by atoms with van der Waals surface area (Å²) in [6.07, 6.45) is -0.275. The molecule has 0 aromatic carbocycles. The Hall–Kier alpha value is -0.0000000000000000555. The van der Waals surface area contributed by atoms with Gasteiger partial charge in [-0.15, -0.1) is 12.4 Å². The Labute approximate surface area is 114 Å². The summed E-state index contributed by atoms with van der Waals surface area (Å²) in [4.78, 5) is 1.58. The first-order valence-corrected chi connectivity index (χ1v) is 6.51. The molecule has 0 saturated carbocycles. The number of nitrogens with one attached hydrogen (secondary N) is 1. The summed E-state index contributed by atoms with van der Waals surface area (Å²) >= 11 is 0. The van der Waals surface area contributed by atoms with Gasteiger partial charge in [0.25, 0.3) is 0 Å². The lowest BCUT2D eigenvalue weighted by Gasteiger charge is -2.30. The number of hydrogen-bond donors (Lipinski definition) is 1. The molecule has 18 heavy (non-hydrogen) atoms. The van der Waals surface area contributed by atoms with Gasteiger partial charge in [0.2, 0.25) is 0 Å². The van der Waals surface area contributed by atoms with Crippen molar-refractivity contribution in [3.8, 4) is 0 Å². The molecule has 0 unspecified atom stereocenters. The van der Waals surface area contributed by atoms with Crippen molar-refractivity contribution < 1.29 is 13.2 Å². The Morgan fingerprint density at radius 1 is 1.22 bits per heavy atom. The van der Waals surface area contributed by atoms with Gasteiger partial charge in [-0.1, -0.05) is 13.3 Å². The number of piperidine rings is 1. The van der Waals surface area contributed by atoms with E-state index in [1.54, 1.807) is 4.90 Å². The van der Waals surface area contributed by atoms with Crippen LogP contribution in [0.25, 0.3) is 0 Å². The fraction of sp³-hybridized carbons (Fsp3) is 1.00. The highest BCUT2D eigenvalue weighted by molar-refractivity contribution is 5.85. The third-order valence-electron chi connectivity index (χ3n) is 3.21. The van der Waals surface area contributed by atoms with Gasteiger partial charge in [-0.3, -0.25) is 4.90 Å². The van der Waals surface area contributed by atoms with Crippen molar-refractivity contribution in [2.75, 3.05) is 32.7 Å². The van der Waals surface area contributed by atoms with Crippen LogP contribution in [0.5, 0.6) is 0 Å². The minimum absolute atomic E-state index is 0. The van der Waals surface area contributed by atoms with Crippen LogP contribution in [0, 0.1) is 5.92 Å². The minimum atomic E-state index is -4.07. The summed E-state index contributed by atoms with van der Waals surface area (Å²) in [6.45, 7) is 4.31. The van der Waals surface area contributed by atoms with Crippen LogP contribution < -0.4 is 5.32 Å². The third kappa shape index (κ3) is 8.16.